The summed E-state index contributed by atoms with van der Waals surface area (Å²) in [6, 6.07) is 1.96. The van der Waals surface area contributed by atoms with E-state index in [1.165, 1.54) is 7.11 Å². The molecule has 0 aliphatic heterocycles. The number of rotatable bonds is 5. The van der Waals surface area contributed by atoms with E-state index in [1.807, 2.05) is 0 Å². The van der Waals surface area contributed by atoms with Gasteiger partial charge >= 0.3 is 6.01 Å². The van der Waals surface area contributed by atoms with E-state index in [9.17, 15) is 5.11 Å². The largest absolute Gasteiger partial charge is 0.481 e. The third-order valence-electron chi connectivity index (χ3n) is 2.45. The Morgan fingerprint density at radius 1 is 1.21 bits per heavy atom. The number of aliphatic hydroxyl groups is 1. The molecular weight excluding hydrogens is 248 g/mol. The number of hydrogen-bond acceptors (Lipinski definition) is 7. The van der Waals surface area contributed by atoms with Crippen molar-refractivity contribution < 1.29 is 14.6 Å². The number of hydrogen-bond donors (Lipinski definition) is 1. The van der Waals surface area contributed by atoms with Crippen molar-refractivity contribution in [3.05, 3.63) is 35.5 Å². The summed E-state index contributed by atoms with van der Waals surface area (Å²) < 4.78 is 10.5. The lowest BCUT2D eigenvalue weighted by Gasteiger charge is -2.10. The van der Waals surface area contributed by atoms with Crippen LogP contribution in [0.5, 0.6) is 11.9 Å². The zero-order valence-corrected chi connectivity index (χ0v) is 10.7. The van der Waals surface area contributed by atoms with Crippen molar-refractivity contribution in [1.82, 2.24) is 19.9 Å². The molecule has 0 aliphatic rings. The van der Waals surface area contributed by atoms with E-state index in [-0.39, 0.29) is 19.2 Å². The van der Waals surface area contributed by atoms with Crippen LogP contribution in [0.1, 0.15) is 17.1 Å². The molecule has 19 heavy (non-hydrogen) atoms. The molecular formula is C12H14N4O3. The van der Waals surface area contributed by atoms with Crippen LogP contribution < -0.4 is 9.47 Å². The third kappa shape index (κ3) is 3.14. The number of nitrogens with zero attached hydrogens (tertiary/aromatic N) is 4. The molecule has 2 rings (SSSR count). The van der Waals surface area contributed by atoms with Crippen LogP contribution in [0.3, 0.4) is 0 Å². The van der Waals surface area contributed by atoms with Gasteiger partial charge in [0.15, 0.2) is 12.4 Å². The Kier molecular flexibility index (Phi) is 4.19. The number of methoxy groups -OCH3 is 1. The second-order valence-electron chi connectivity index (χ2n) is 3.69. The van der Waals surface area contributed by atoms with E-state index in [1.54, 1.807) is 25.4 Å². The van der Waals surface area contributed by atoms with E-state index >= 15 is 0 Å². The number of ether oxygens (including phenoxy) is 2. The van der Waals surface area contributed by atoms with Gasteiger partial charge < -0.3 is 14.6 Å². The van der Waals surface area contributed by atoms with Gasteiger partial charge in [-0.3, -0.25) is 0 Å². The SMILES string of the molecule is COc1nc(COc2ncccn2)nc(C)c1CO. The van der Waals surface area contributed by atoms with Crippen LogP contribution in [0.15, 0.2) is 18.5 Å². The summed E-state index contributed by atoms with van der Waals surface area (Å²) in [6.07, 6.45) is 3.17. The Labute approximate surface area is 110 Å². The van der Waals surface area contributed by atoms with Crippen LogP contribution in [0.2, 0.25) is 0 Å². The summed E-state index contributed by atoms with van der Waals surface area (Å²) in [4.78, 5) is 16.3. The molecule has 0 aromatic carbocycles. The Morgan fingerprint density at radius 2 is 1.95 bits per heavy atom. The molecule has 0 saturated heterocycles. The summed E-state index contributed by atoms with van der Waals surface area (Å²) in [6.45, 7) is 1.74. The average molecular weight is 262 g/mol. The lowest BCUT2D eigenvalue weighted by Crippen LogP contribution is -2.09. The molecule has 0 bridgehead atoms. The lowest BCUT2D eigenvalue weighted by molar-refractivity contribution is 0.258. The van der Waals surface area contributed by atoms with Crippen molar-refractivity contribution in [2.45, 2.75) is 20.1 Å². The number of aliphatic hydroxyl groups excluding tert-OH is 1. The van der Waals surface area contributed by atoms with Crippen LogP contribution in [0.25, 0.3) is 0 Å². The van der Waals surface area contributed by atoms with Gasteiger partial charge in [0.1, 0.15) is 0 Å². The maximum absolute atomic E-state index is 9.22. The van der Waals surface area contributed by atoms with Crippen LogP contribution in [0, 0.1) is 6.92 Å². The average Bonchev–Trinajstić information content (AvgIpc) is 2.45. The van der Waals surface area contributed by atoms with Crippen molar-refractivity contribution in [2.75, 3.05) is 7.11 Å². The van der Waals surface area contributed by atoms with Crippen LogP contribution in [0.4, 0.5) is 0 Å². The Morgan fingerprint density at radius 3 is 2.58 bits per heavy atom. The van der Waals surface area contributed by atoms with Gasteiger partial charge in [0.25, 0.3) is 0 Å². The molecule has 7 heteroatoms. The minimum Gasteiger partial charge on any atom is -0.481 e. The lowest BCUT2D eigenvalue weighted by atomic mass is 10.2. The van der Waals surface area contributed by atoms with Gasteiger partial charge in [0.05, 0.1) is 25.0 Å². The molecule has 1 N–H and O–H groups in total. The third-order valence-corrected chi connectivity index (χ3v) is 2.45. The van der Waals surface area contributed by atoms with E-state index in [0.29, 0.717) is 23.0 Å². The highest BCUT2D eigenvalue weighted by atomic mass is 16.5. The van der Waals surface area contributed by atoms with E-state index in [2.05, 4.69) is 19.9 Å². The first-order valence-electron chi connectivity index (χ1n) is 5.65. The molecule has 0 atom stereocenters. The number of aryl methyl sites for hydroxylation is 1. The van der Waals surface area contributed by atoms with E-state index < -0.39 is 0 Å². The molecule has 2 aromatic heterocycles. The maximum atomic E-state index is 9.22. The standard InChI is InChI=1S/C12H14N4O3/c1-8-9(6-17)11(18-2)16-10(15-8)7-19-12-13-4-3-5-14-12/h3-5,17H,6-7H2,1-2H3. The topological polar surface area (TPSA) is 90.3 Å². The molecule has 0 unspecified atom stereocenters. The van der Waals surface area contributed by atoms with Gasteiger partial charge in [0.2, 0.25) is 5.88 Å². The molecule has 0 radical (unpaired) electrons. The Hall–Kier alpha value is -2.28. The maximum Gasteiger partial charge on any atom is 0.316 e. The molecule has 0 amide bonds. The Bertz CT molecular complexity index is 548. The van der Waals surface area contributed by atoms with E-state index in [4.69, 9.17) is 9.47 Å². The monoisotopic (exact) mass is 262 g/mol. The van der Waals surface area contributed by atoms with Crippen molar-refractivity contribution in [1.29, 1.82) is 0 Å². The van der Waals surface area contributed by atoms with Crippen LogP contribution in [-0.4, -0.2) is 32.2 Å². The van der Waals surface area contributed by atoms with Crippen molar-refractivity contribution in [2.24, 2.45) is 0 Å². The predicted octanol–water partition coefficient (Wildman–Crippen LogP) is 0.655. The van der Waals surface area contributed by atoms with Gasteiger partial charge in [-0.05, 0) is 13.0 Å². The van der Waals surface area contributed by atoms with Crippen molar-refractivity contribution in [3.63, 3.8) is 0 Å². The van der Waals surface area contributed by atoms with Crippen LogP contribution >= 0.6 is 0 Å². The predicted molar refractivity (Wildman–Crippen MR) is 65.6 cm³/mol. The van der Waals surface area contributed by atoms with Gasteiger partial charge in [-0.2, -0.15) is 4.98 Å². The molecule has 0 aliphatic carbocycles. The van der Waals surface area contributed by atoms with Crippen molar-refractivity contribution in [3.8, 4) is 11.9 Å². The molecule has 2 heterocycles. The fourth-order valence-corrected chi connectivity index (χ4v) is 1.53. The molecule has 7 nitrogen and oxygen atoms in total. The minimum atomic E-state index is -0.169. The molecule has 2 aromatic rings. The first-order valence-corrected chi connectivity index (χ1v) is 5.65. The normalized spacial score (nSPS) is 10.3. The highest BCUT2D eigenvalue weighted by Crippen LogP contribution is 2.18. The quantitative estimate of drug-likeness (QED) is 0.846. The van der Waals surface area contributed by atoms with E-state index in [0.717, 1.165) is 0 Å². The second-order valence-corrected chi connectivity index (χ2v) is 3.69. The first-order chi connectivity index (χ1) is 9.24. The van der Waals surface area contributed by atoms with Crippen LogP contribution in [-0.2, 0) is 13.2 Å². The van der Waals surface area contributed by atoms with Gasteiger partial charge in [-0.15, -0.1) is 0 Å². The summed E-state index contributed by atoms with van der Waals surface area (Å²) >= 11 is 0. The highest BCUT2D eigenvalue weighted by Gasteiger charge is 2.12. The molecule has 100 valence electrons. The van der Waals surface area contributed by atoms with Gasteiger partial charge in [0, 0.05) is 12.4 Å². The molecule has 0 spiro atoms. The summed E-state index contributed by atoms with van der Waals surface area (Å²) in [5.74, 6) is 0.793. The van der Waals surface area contributed by atoms with Crippen molar-refractivity contribution >= 4 is 0 Å². The zero-order valence-electron chi connectivity index (χ0n) is 10.7. The fourth-order valence-electron chi connectivity index (χ4n) is 1.53. The molecule has 0 fully saturated rings. The minimum absolute atomic E-state index is 0.132. The van der Waals surface area contributed by atoms with Gasteiger partial charge in [-0.25, -0.2) is 15.0 Å². The molecule has 0 saturated carbocycles. The number of aromatic nitrogens is 4. The Balaban J connectivity index is 2.15. The summed E-state index contributed by atoms with van der Waals surface area (Å²) in [5.41, 5.74) is 1.23. The fraction of sp³-hybridized carbons (Fsp3) is 0.333. The summed E-state index contributed by atoms with van der Waals surface area (Å²) in [7, 11) is 1.49. The smallest absolute Gasteiger partial charge is 0.316 e. The highest BCUT2D eigenvalue weighted by molar-refractivity contribution is 5.29. The zero-order chi connectivity index (χ0) is 13.7. The summed E-state index contributed by atoms with van der Waals surface area (Å²) in [5, 5.41) is 9.22. The first kappa shape index (κ1) is 13.2. The van der Waals surface area contributed by atoms with Gasteiger partial charge in [-0.1, -0.05) is 0 Å². The second kappa shape index (κ2) is 6.05.